The monoisotopic (exact) mass is 520 g/mol. The van der Waals surface area contributed by atoms with E-state index in [0.29, 0.717) is 37.4 Å². The van der Waals surface area contributed by atoms with E-state index < -0.39 is 15.9 Å². The number of rotatable bonds is 7. The van der Waals surface area contributed by atoms with Gasteiger partial charge in [0, 0.05) is 42.5 Å². The lowest BCUT2D eigenvalue weighted by Gasteiger charge is -2.37. The fraction of sp³-hybridized carbons (Fsp3) is 0.435. The molecule has 2 N–H and O–H groups in total. The minimum absolute atomic E-state index is 0.0266. The Hall–Kier alpha value is -2.89. The summed E-state index contributed by atoms with van der Waals surface area (Å²) in [5.41, 5.74) is 2.23. The molecule has 188 valence electrons. The molecule has 2 saturated heterocycles. The van der Waals surface area contributed by atoms with E-state index >= 15 is 0 Å². The molecule has 0 saturated carbocycles. The van der Waals surface area contributed by atoms with Crippen LogP contribution in [0.1, 0.15) is 36.6 Å². The van der Waals surface area contributed by atoms with Crippen LogP contribution in [-0.4, -0.2) is 70.9 Å². The topological polar surface area (TPSA) is 120 Å². The summed E-state index contributed by atoms with van der Waals surface area (Å²) in [5.74, 6) is 0.397. The molecule has 2 fully saturated rings. The van der Waals surface area contributed by atoms with Crippen molar-refractivity contribution in [2.45, 2.75) is 38.3 Å². The number of aliphatic hydroxyl groups excluding tert-OH is 1. The summed E-state index contributed by atoms with van der Waals surface area (Å²) in [6.45, 7) is 10.9. The van der Waals surface area contributed by atoms with Gasteiger partial charge in [-0.3, -0.25) is 9.52 Å². The number of piperidine rings is 1. The molecule has 35 heavy (non-hydrogen) atoms. The first-order valence-corrected chi connectivity index (χ1v) is 13.5. The lowest BCUT2D eigenvalue weighted by molar-refractivity contribution is -0.130. The quantitative estimate of drug-likeness (QED) is 0.423. The Morgan fingerprint density at radius 3 is 2.66 bits per heavy atom. The standard InChI is InChI=1S/C23H29ClN6O4S/c1-14-11-30-21(25-22(14)28-12-17(31)13-28)10-19(26-30)20-7-5-6-8-29(20)23(32)18(9-15(2)24)16(3)27-35(4,33)34/h9-11,17,20,27,31H,2-3,5-8,12-13H2,1,4H3/b18-9+. The Labute approximate surface area is 209 Å². The molecule has 2 aromatic heterocycles. The van der Waals surface area contributed by atoms with E-state index in [9.17, 15) is 18.3 Å². The number of aryl methyl sites for hydroxylation is 1. The lowest BCUT2D eigenvalue weighted by Crippen LogP contribution is -2.51. The number of sulfonamides is 1. The maximum Gasteiger partial charge on any atom is 0.256 e. The summed E-state index contributed by atoms with van der Waals surface area (Å²) in [7, 11) is -3.65. The molecule has 0 radical (unpaired) electrons. The second-order valence-electron chi connectivity index (χ2n) is 9.05. The van der Waals surface area contributed by atoms with Crippen molar-refractivity contribution in [2.75, 3.05) is 30.8 Å². The van der Waals surface area contributed by atoms with E-state index in [1.165, 1.54) is 6.08 Å². The molecule has 10 nitrogen and oxygen atoms in total. The van der Waals surface area contributed by atoms with Gasteiger partial charge in [0.25, 0.3) is 5.91 Å². The number of allylic oxidation sites excluding steroid dienone is 2. The predicted molar refractivity (Wildman–Crippen MR) is 134 cm³/mol. The van der Waals surface area contributed by atoms with Gasteiger partial charge in [-0.2, -0.15) is 5.10 Å². The summed E-state index contributed by atoms with van der Waals surface area (Å²) in [4.78, 5) is 22.0. The molecule has 0 spiro atoms. The van der Waals surface area contributed by atoms with Crippen LogP contribution >= 0.6 is 11.6 Å². The number of fused-ring (bicyclic) bond motifs is 1. The van der Waals surface area contributed by atoms with Crippen molar-refractivity contribution in [3.63, 3.8) is 0 Å². The van der Waals surface area contributed by atoms with Crippen LogP contribution in [0.15, 0.2) is 47.8 Å². The van der Waals surface area contributed by atoms with Crippen molar-refractivity contribution in [3.8, 4) is 0 Å². The van der Waals surface area contributed by atoms with Gasteiger partial charge in [-0.1, -0.05) is 24.8 Å². The van der Waals surface area contributed by atoms with E-state index in [0.717, 1.165) is 30.5 Å². The van der Waals surface area contributed by atoms with Crippen molar-refractivity contribution in [1.82, 2.24) is 24.2 Å². The molecule has 4 heterocycles. The van der Waals surface area contributed by atoms with Crippen LogP contribution < -0.4 is 9.62 Å². The molecule has 1 atom stereocenters. The first kappa shape index (κ1) is 25.2. The highest BCUT2D eigenvalue weighted by molar-refractivity contribution is 7.88. The fourth-order valence-corrected chi connectivity index (χ4v) is 5.15. The fourth-order valence-electron chi connectivity index (χ4n) is 4.48. The Morgan fingerprint density at radius 2 is 2.03 bits per heavy atom. The van der Waals surface area contributed by atoms with Crippen molar-refractivity contribution in [2.24, 2.45) is 0 Å². The number of amides is 1. The molecule has 0 bridgehead atoms. The number of hydrogen-bond acceptors (Lipinski definition) is 7. The predicted octanol–water partition coefficient (Wildman–Crippen LogP) is 2.01. The Kier molecular flexibility index (Phi) is 6.94. The molecule has 2 aliphatic rings. The number of hydrogen-bond donors (Lipinski definition) is 2. The first-order valence-electron chi connectivity index (χ1n) is 11.3. The van der Waals surface area contributed by atoms with Crippen molar-refractivity contribution in [1.29, 1.82) is 0 Å². The van der Waals surface area contributed by atoms with Gasteiger partial charge in [0.1, 0.15) is 5.82 Å². The molecular formula is C23H29ClN6O4S. The lowest BCUT2D eigenvalue weighted by atomic mass is 9.97. The zero-order chi connectivity index (χ0) is 25.5. The van der Waals surface area contributed by atoms with Gasteiger partial charge in [-0.05, 0) is 32.3 Å². The van der Waals surface area contributed by atoms with Crippen molar-refractivity contribution >= 4 is 39.0 Å². The van der Waals surface area contributed by atoms with Crippen LogP contribution in [0, 0.1) is 6.92 Å². The van der Waals surface area contributed by atoms with Crippen molar-refractivity contribution in [3.05, 3.63) is 59.1 Å². The number of aromatic nitrogens is 3. The molecule has 4 rings (SSSR count). The van der Waals surface area contributed by atoms with Gasteiger partial charge in [0.15, 0.2) is 5.65 Å². The zero-order valence-electron chi connectivity index (χ0n) is 19.7. The number of nitrogens with zero attached hydrogens (tertiary/aromatic N) is 5. The van der Waals surface area contributed by atoms with E-state index in [4.69, 9.17) is 21.7 Å². The van der Waals surface area contributed by atoms with Crippen molar-refractivity contribution < 1.29 is 18.3 Å². The molecule has 0 aliphatic carbocycles. The molecule has 2 aliphatic heterocycles. The number of likely N-dealkylation sites (tertiary alicyclic amines) is 1. The highest BCUT2D eigenvalue weighted by Crippen LogP contribution is 2.33. The van der Waals surface area contributed by atoms with E-state index in [1.54, 1.807) is 9.42 Å². The van der Waals surface area contributed by atoms with E-state index in [-0.39, 0.29) is 28.4 Å². The minimum atomic E-state index is -3.65. The number of β-amino-alcohol motifs (C(OH)–C–C–N with tert-alkyl or cyclic N) is 1. The van der Waals surface area contributed by atoms with Gasteiger partial charge < -0.3 is 14.9 Å². The molecule has 1 unspecified atom stereocenters. The summed E-state index contributed by atoms with van der Waals surface area (Å²) in [5, 5.41) is 14.4. The Balaban J connectivity index is 1.66. The SMILES string of the molecule is C=C(Cl)/C=C(\C(=C)NS(C)(=O)=O)C(=O)N1CCCCC1c1cc2nc(N3CC(O)C3)c(C)cn2n1. The van der Waals surface area contributed by atoms with Crippen LogP contribution in [0.5, 0.6) is 0 Å². The third kappa shape index (κ3) is 5.52. The number of anilines is 1. The van der Waals surface area contributed by atoms with Crippen LogP contribution in [0.4, 0.5) is 5.82 Å². The van der Waals surface area contributed by atoms with E-state index in [1.807, 2.05) is 24.1 Å². The maximum absolute atomic E-state index is 13.6. The van der Waals surface area contributed by atoms with Gasteiger partial charge >= 0.3 is 0 Å². The van der Waals surface area contributed by atoms with Crippen LogP contribution in [0.3, 0.4) is 0 Å². The zero-order valence-corrected chi connectivity index (χ0v) is 21.3. The summed E-state index contributed by atoms with van der Waals surface area (Å²) < 4.78 is 27.5. The third-order valence-electron chi connectivity index (χ3n) is 6.06. The average Bonchev–Trinajstić information content (AvgIpc) is 3.15. The molecule has 0 aromatic carbocycles. The Bertz CT molecular complexity index is 1330. The van der Waals surface area contributed by atoms with Gasteiger partial charge in [0.05, 0.1) is 35.4 Å². The number of aliphatic hydroxyl groups is 1. The third-order valence-corrected chi connectivity index (χ3v) is 6.78. The average molecular weight is 521 g/mol. The largest absolute Gasteiger partial charge is 0.389 e. The van der Waals surface area contributed by atoms with Crippen LogP contribution in [0.2, 0.25) is 0 Å². The first-order chi connectivity index (χ1) is 16.4. The summed E-state index contributed by atoms with van der Waals surface area (Å²) in [6, 6.07) is 1.54. The minimum Gasteiger partial charge on any atom is -0.389 e. The second-order valence-corrected chi connectivity index (χ2v) is 11.3. The Morgan fingerprint density at radius 1 is 1.31 bits per heavy atom. The number of carbonyl (C=O) groups is 1. The highest BCUT2D eigenvalue weighted by atomic mass is 35.5. The number of halogens is 1. The number of nitrogens with one attached hydrogen (secondary N) is 1. The molecule has 1 amide bonds. The molecule has 12 heteroatoms. The maximum atomic E-state index is 13.6. The molecule has 2 aromatic rings. The van der Waals surface area contributed by atoms with Gasteiger partial charge in [-0.25, -0.2) is 17.9 Å². The van der Waals surface area contributed by atoms with Gasteiger partial charge in [-0.15, -0.1) is 0 Å². The van der Waals surface area contributed by atoms with E-state index in [2.05, 4.69) is 17.9 Å². The number of carbonyl (C=O) groups excluding carboxylic acids is 1. The smallest absolute Gasteiger partial charge is 0.256 e. The second kappa shape index (κ2) is 9.63. The summed E-state index contributed by atoms with van der Waals surface area (Å²) >= 11 is 5.96. The normalized spacial score (nSPS) is 19.5. The highest BCUT2D eigenvalue weighted by Gasteiger charge is 2.33. The summed E-state index contributed by atoms with van der Waals surface area (Å²) in [6.07, 6.45) is 6.26. The van der Waals surface area contributed by atoms with Crippen LogP contribution in [0.25, 0.3) is 5.65 Å². The molecular weight excluding hydrogens is 492 g/mol. The van der Waals surface area contributed by atoms with Gasteiger partial charge in [0.2, 0.25) is 10.0 Å². The van der Waals surface area contributed by atoms with Crippen LogP contribution in [-0.2, 0) is 14.8 Å².